The fourth-order valence-corrected chi connectivity index (χ4v) is 3.01. The van der Waals surface area contributed by atoms with Crippen LogP contribution in [-0.2, 0) is 7.05 Å². The summed E-state index contributed by atoms with van der Waals surface area (Å²) in [5, 5.41) is 4.36. The highest BCUT2D eigenvalue weighted by molar-refractivity contribution is 5.83. The Labute approximate surface area is 162 Å². The third-order valence-electron chi connectivity index (χ3n) is 4.35. The zero-order valence-corrected chi connectivity index (χ0v) is 15.3. The highest BCUT2D eigenvalue weighted by atomic mass is 19.4. The molecule has 0 amide bonds. The second-order valence-electron chi connectivity index (χ2n) is 6.50. The topological polar surface area (TPSA) is 70.2 Å². The smallest absolute Gasteiger partial charge is 0.406 e. The van der Waals surface area contributed by atoms with Crippen LogP contribution in [0.4, 0.5) is 13.2 Å². The predicted molar refractivity (Wildman–Crippen MR) is 99.3 cm³/mol. The number of benzene rings is 2. The summed E-state index contributed by atoms with van der Waals surface area (Å²) in [4.78, 5) is 17.1. The second-order valence-corrected chi connectivity index (χ2v) is 6.50. The summed E-state index contributed by atoms with van der Waals surface area (Å²) in [6.45, 7) is 1.89. The van der Waals surface area contributed by atoms with E-state index in [0.717, 1.165) is 23.2 Å². The van der Waals surface area contributed by atoms with Gasteiger partial charge in [-0.25, -0.2) is 0 Å². The van der Waals surface area contributed by atoms with Gasteiger partial charge >= 0.3 is 6.36 Å². The minimum Gasteiger partial charge on any atom is -0.406 e. The first-order valence-corrected chi connectivity index (χ1v) is 8.51. The molecule has 0 aliphatic heterocycles. The molecule has 2 aromatic heterocycles. The Morgan fingerprint density at radius 1 is 1.10 bits per heavy atom. The number of fused-ring (bicyclic) bond motifs is 1. The molecule has 0 atom stereocenters. The zero-order chi connectivity index (χ0) is 20.8. The van der Waals surface area contributed by atoms with E-state index in [-0.39, 0.29) is 28.5 Å². The number of nitrogens with zero attached hydrogens (tertiary/aromatic N) is 3. The summed E-state index contributed by atoms with van der Waals surface area (Å²) in [5.41, 5.74) is 2.12. The molecule has 0 saturated carbocycles. The van der Waals surface area contributed by atoms with Crippen molar-refractivity contribution < 1.29 is 22.4 Å². The molecule has 0 bridgehead atoms. The molecular weight excluding hydrogens is 387 g/mol. The van der Waals surface area contributed by atoms with E-state index in [0.29, 0.717) is 10.9 Å². The number of aryl methyl sites for hydroxylation is 2. The highest BCUT2D eigenvalue weighted by Crippen LogP contribution is 2.27. The van der Waals surface area contributed by atoms with Crippen LogP contribution in [0.15, 0.2) is 58.0 Å². The lowest BCUT2D eigenvalue weighted by Crippen LogP contribution is -2.16. The quantitative estimate of drug-likeness (QED) is 0.507. The van der Waals surface area contributed by atoms with Crippen molar-refractivity contribution in [2.45, 2.75) is 13.3 Å². The first kappa shape index (κ1) is 18.7. The normalized spacial score (nSPS) is 11.8. The first-order valence-electron chi connectivity index (χ1n) is 8.51. The van der Waals surface area contributed by atoms with Gasteiger partial charge in [0.1, 0.15) is 11.3 Å². The van der Waals surface area contributed by atoms with Gasteiger partial charge in [-0.15, -0.1) is 13.2 Å². The maximum atomic E-state index is 12.9. The van der Waals surface area contributed by atoms with Crippen molar-refractivity contribution in [3.05, 3.63) is 64.4 Å². The van der Waals surface area contributed by atoms with Gasteiger partial charge in [-0.05, 0) is 43.3 Å². The Bertz CT molecular complexity index is 1260. The van der Waals surface area contributed by atoms with Crippen molar-refractivity contribution in [2.24, 2.45) is 7.05 Å². The molecule has 0 saturated heterocycles. The zero-order valence-electron chi connectivity index (χ0n) is 15.3. The van der Waals surface area contributed by atoms with Crippen LogP contribution in [0.3, 0.4) is 0 Å². The summed E-state index contributed by atoms with van der Waals surface area (Å²) in [6, 6.07) is 10.6. The van der Waals surface area contributed by atoms with Gasteiger partial charge < -0.3 is 13.8 Å². The molecule has 0 N–H and O–H groups in total. The molecule has 0 fully saturated rings. The maximum Gasteiger partial charge on any atom is 0.573 e. The molecule has 0 unspecified atom stereocenters. The van der Waals surface area contributed by atoms with Gasteiger partial charge in [-0.1, -0.05) is 16.8 Å². The Balaban J connectivity index is 1.71. The van der Waals surface area contributed by atoms with Crippen LogP contribution in [0.2, 0.25) is 0 Å². The largest absolute Gasteiger partial charge is 0.573 e. The number of hydrogen-bond acceptors (Lipinski definition) is 5. The van der Waals surface area contributed by atoms with Crippen LogP contribution in [0.25, 0.3) is 33.7 Å². The third-order valence-corrected chi connectivity index (χ3v) is 4.35. The molecule has 0 aliphatic carbocycles. The SMILES string of the molecule is Cc1ccc2c(c1)c(=O)c(-c1nc(-c3ccc(OC(F)(F)F)cc3)no1)cn2C. The monoisotopic (exact) mass is 401 g/mol. The van der Waals surface area contributed by atoms with Crippen LogP contribution in [0.1, 0.15) is 5.56 Å². The number of rotatable bonds is 3. The molecule has 148 valence electrons. The Kier molecular flexibility index (Phi) is 4.37. The van der Waals surface area contributed by atoms with Crippen molar-refractivity contribution in [3.63, 3.8) is 0 Å². The summed E-state index contributed by atoms with van der Waals surface area (Å²) in [5.74, 6) is -0.187. The fourth-order valence-electron chi connectivity index (χ4n) is 3.01. The average Bonchev–Trinajstić information content (AvgIpc) is 3.14. The van der Waals surface area contributed by atoms with E-state index in [1.54, 1.807) is 23.9 Å². The molecular formula is C20H14F3N3O3. The summed E-state index contributed by atoms with van der Waals surface area (Å²) in [6.07, 6.45) is -3.16. The van der Waals surface area contributed by atoms with E-state index in [2.05, 4.69) is 14.9 Å². The molecule has 9 heteroatoms. The van der Waals surface area contributed by atoms with E-state index in [4.69, 9.17) is 4.52 Å². The van der Waals surface area contributed by atoms with E-state index in [1.165, 1.54) is 12.1 Å². The molecule has 29 heavy (non-hydrogen) atoms. The minimum absolute atomic E-state index is 0.0274. The van der Waals surface area contributed by atoms with E-state index in [9.17, 15) is 18.0 Å². The molecule has 0 aliphatic rings. The predicted octanol–water partition coefficient (Wildman–Crippen LogP) is 4.46. The van der Waals surface area contributed by atoms with Crippen LogP contribution in [0.5, 0.6) is 5.75 Å². The molecule has 4 aromatic rings. The lowest BCUT2D eigenvalue weighted by Gasteiger charge is -2.08. The Hall–Kier alpha value is -3.62. The number of aromatic nitrogens is 3. The van der Waals surface area contributed by atoms with Crippen molar-refractivity contribution >= 4 is 10.9 Å². The average molecular weight is 401 g/mol. The summed E-state index contributed by atoms with van der Waals surface area (Å²) < 4.78 is 47.7. The van der Waals surface area contributed by atoms with Gasteiger partial charge in [0.15, 0.2) is 0 Å². The Morgan fingerprint density at radius 2 is 1.83 bits per heavy atom. The lowest BCUT2D eigenvalue weighted by atomic mass is 10.1. The molecule has 6 nitrogen and oxygen atoms in total. The third kappa shape index (κ3) is 3.71. The Morgan fingerprint density at radius 3 is 2.52 bits per heavy atom. The van der Waals surface area contributed by atoms with Gasteiger partial charge in [0.25, 0.3) is 5.89 Å². The van der Waals surface area contributed by atoms with Crippen molar-refractivity contribution in [1.29, 1.82) is 0 Å². The fraction of sp³-hybridized carbons (Fsp3) is 0.150. The van der Waals surface area contributed by atoms with Crippen molar-refractivity contribution in [1.82, 2.24) is 14.7 Å². The maximum absolute atomic E-state index is 12.9. The minimum atomic E-state index is -4.77. The first-order chi connectivity index (χ1) is 13.7. The van der Waals surface area contributed by atoms with E-state index >= 15 is 0 Å². The van der Waals surface area contributed by atoms with Gasteiger partial charge in [0.05, 0.1) is 5.52 Å². The van der Waals surface area contributed by atoms with E-state index in [1.807, 2.05) is 19.1 Å². The summed E-state index contributed by atoms with van der Waals surface area (Å²) in [7, 11) is 1.80. The number of pyridine rings is 1. The number of alkyl halides is 3. The van der Waals surface area contributed by atoms with Crippen molar-refractivity contribution in [2.75, 3.05) is 0 Å². The van der Waals surface area contributed by atoms with Crippen LogP contribution in [0, 0.1) is 6.92 Å². The number of ether oxygens (including phenoxy) is 1. The number of hydrogen-bond donors (Lipinski definition) is 0. The molecule has 0 radical (unpaired) electrons. The lowest BCUT2D eigenvalue weighted by molar-refractivity contribution is -0.274. The van der Waals surface area contributed by atoms with Crippen LogP contribution < -0.4 is 10.2 Å². The molecule has 2 aromatic carbocycles. The van der Waals surface area contributed by atoms with Crippen LogP contribution in [-0.4, -0.2) is 21.1 Å². The summed E-state index contributed by atoms with van der Waals surface area (Å²) >= 11 is 0. The molecule has 4 rings (SSSR count). The standard InChI is InChI=1S/C20H14F3N3O3/c1-11-3-8-16-14(9-11)17(27)15(10-26(16)2)19-24-18(25-29-19)12-4-6-13(7-5-12)28-20(21,22)23/h3-10H,1-2H3. The molecule has 2 heterocycles. The highest BCUT2D eigenvalue weighted by Gasteiger charge is 2.31. The van der Waals surface area contributed by atoms with Gasteiger partial charge in [0.2, 0.25) is 11.3 Å². The second kappa shape index (κ2) is 6.77. The van der Waals surface area contributed by atoms with Crippen molar-refractivity contribution in [3.8, 4) is 28.6 Å². The molecule has 0 spiro atoms. The van der Waals surface area contributed by atoms with Gasteiger partial charge in [-0.2, -0.15) is 4.98 Å². The van der Waals surface area contributed by atoms with Crippen LogP contribution >= 0.6 is 0 Å². The van der Waals surface area contributed by atoms with Gasteiger partial charge in [-0.3, -0.25) is 4.79 Å². The number of halogens is 3. The van der Waals surface area contributed by atoms with E-state index < -0.39 is 6.36 Å². The van der Waals surface area contributed by atoms with Gasteiger partial charge in [0, 0.05) is 24.2 Å².